The first-order valence-electron chi connectivity index (χ1n) is 9.48. The number of hydrogen-bond acceptors (Lipinski definition) is 4. The van der Waals surface area contributed by atoms with Crippen LogP contribution in [0.1, 0.15) is 17.5 Å². The lowest BCUT2D eigenvalue weighted by Crippen LogP contribution is -2.40. The number of benzene rings is 2. The highest BCUT2D eigenvalue weighted by Crippen LogP contribution is 2.16. The number of phenols is 1. The quantitative estimate of drug-likeness (QED) is 0.474. The molecule has 31 heavy (non-hydrogen) atoms. The van der Waals surface area contributed by atoms with Crippen molar-refractivity contribution < 1.29 is 9.90 Å². The molecule has 0 unspecified atom stereocenters. The number of aromatic nitrogens is 2. The normalized spacial score (nSPS) is 10.3. The number of carbonyl (C=O) groups is 1. The van der Waals surface area contributed by atoms with Crippen molar-refractivity contribution >= 4 is 23.2 Å². The van der Waals surface area contributed by atoms with Crippen LogP contribution in [-0.2, 0) is 24.8 Å². The third-order valence-electron chi connectivity index (χ3n) is 4.54. The van der Waals surface area contributed by atoms with Crippen LogP contribution >= 0.6 is 11.6 Å². The molecule has 0 aliphatic rings. The Kier molecular flexibility index (Phi) is 6.96. The van der Waals surface area contributed by atoms with E-state index in [0.29, 0.717) is 12.0 Å². The molecule has 2 N–H and O–H groups in total. The van der Waals surface area contributed by atoms with Gasteiger partial charge in [-0.25, -0.2) is 4.79 Å². The van der Waals surface area contributed by atoms with Crippen LogP contribution in [0.4, 0.5) is 5.69 Å². The van der Waals surface area contributed by atoms with Crippen molar-refractivity contribution in [1.29, 1.82) is 0 Å². The summed E-state index contributed by atoms with van der Waals surface area (Å²) in [6.07, 6.45) is 0.652. The predicted molar refractivity (Wildman–Crippen MR) is 119 cm³/mol. The van der Waals surface area contributed by atoms with Gasteiger partial charge in [-0.15, -0.1) is 0 Å². The Morgan fingerprint density at radius 3 is 2.58 bits per heavy atom. The van der Waals surface area contributed by atoms with Crippen LogP contribution in [0.2, 0.25) is 5.15 Å². The minimum atomic E-state index is -0.694. The van der Waals surface area contributed by atoms with Gasteiger partial charge in [-0.2, -0.15) is 0 Å². The van der Waals surface area contributed by atoms with Gasteiger partial charge in [-0.1, -0.05) is 59.8 Å². The molecule has 0 fully saturated rings. The van der Waals surface area contributed by atoms with E-state index in [0.717, 1.165) is 14.7 Å². The molecule has 3 rings (SSSR count). The number of carbonyl (C=O) groups excluding carboxylic acids is 1. The number of aromatic hydroxyl groups is 1. The fraction of sp³-hybridized carbons (Fsp3) is 0.174. The number of halogens is 1. The summed E-state index contributed by atoms with van der Waals surface area (Å²) in [5.41, 5.74) is 0.0380. The first-order chi connectivity index (χ1) is 14.9. The van der Waals surface area contributed by atoms with E-state index in [1.807, 2.05) is 30.3 Å². The SMILES string of the molecule is Cn1c(=O)c(NC(=O)CCc2ccccc2)c(Cl)n(CC#Cc2cccc(O)c2)c1=O. The van der Waals surface area contributed by atoms with Gasteiger partial charge in [0.15, 0.2) is 0 Å². The third-order valence-corrected chi connectivity index (χ3v) is 4.94. The molecule has 2 aromatic carbocycles. The molecule has 158 valence electrons. The van der Waals surface area contributed by atoms with E-state index in [1.54, 1.807) is 12.1 Å². The van der Waals surface area contributed by atoms with Gasteiger partial charge in [0, 0.05) is 19.0 Å². The maximum absolute atomic E-state index is 12.5. The number of hydrogen-bond donors (Lipinski definition) is 2. The lowest BCUT2D eigenvalue weighted by molar-refractivity contribution is -0.116. The van der Waals surface area contributed by atoms with Crippen LogP contribution in [-0.4, -0.2) is 20.1 Å². The Morgan fingerprint density at radius 1 is 1.13 bits per heavy atom. The van der Waals surface area contributed by atoms with Gasteiger partial charge in [-0.05, 0) is 30.2 Å². The maximum atomic E-state index is 12.5. The average molecular weight is 438 g/mol. The summed E-state index contributed by atoms with van der Waals surface area (Å²) in [5.74, 6) is 5.29. The molecule has 0 atom stereocenters. The summed E-state index contributed by atoms with van der Waals surface area (Å²) in [5, 5.41) is 11.8. The van der Waals surface area contributed by atoms with Gasteiger partial charge < -0.3 is 10.4 Å². The molecule has 0 bridgehead atoms. The number of amides is 1. The molecular formula is C23H20ClN3O4. The lowest BCUT2D eigenvalue weighted by Gasteiger charge is -2.13. The van der Waals surface area contributed by atoms with Crippen molar-refractivity contribution in [3.63, 3.8) is 0 Å². The zero-order valence-corrected chi connectivity index (χ0v) is 17.5. The lowest BCUT2D eigenvalue weighted by atomic mass is 10.1. The van der Waals surface area contributed by atoms with E-state index in [4.69, 9.17) is 11.6 Å². The van der Waals surface area contributed by atoms with Gasteiger partial charge in [0.05, 0.1) is 6.54 Å². The Hall–Kier alpha value is -3.76. The Labute approximate surface area is 183 Å². The van der Waals surface area contributed by atoms with Gasteiger partial charge >= 0.3 is 5.69 Å². The summed E-state index contributed by atoms with van der Waals surface area (Å²) in [6, 6.07) is 15.8. The second kappa shape index (κ2) is 9.83. The second-order valence-corrected chi connectivity index (χ2v) is 7.14. The summed E-state index contributed by atoms with van der Waals surface area (Å²) in [7, 11) is 1.31. The van der Waals surface area contributed by atoms with Crippen LogP contribution < -0.4 is 16.6 Å². The highest BCUT2D eigenvalue weighted by atomic mass is 35.5. The van der Waals surface area contributed by atoms with E-state index >= 15 is 0 Å². The van der Waals surface area contributed by atoms with E-state index in [2.05, 4.69) is 17.2 Å². The van der Waals surface area contributed by atoms with E-state index in [1.165, 1.54) is 19.2 Å². The fourth-order valence-corrected chi connectivity index (χ4v) is 3.15. The van der Waals surface area contributed by atoms with Crippen LogP contribution in [0.5, 0.6) is 5.75 Å². The van der Waals surface area contributed by atoms with Crippen molar-refractivity contribution in [2.75, 3.05) is 5.32 Å². The fourth-order valence-electron chi connectivity index (χ4n) is 2.89. The summed E-state index contributed by atoms with van der Waals surface area (Å²) >= 11 is 6.29. The molecule has 8 heteroatoms. The number of nitrogens with one attached hydrogen (secondary N) is 1. The summed E-state index contributed by atoms with van der Waals surface area (Å²) < 4.78 is 1.97. The van der Waals surface area contributed by atoms with Crippen LogP contribution in [0, 0.1) is 11.8 Å². The molecule has 0 saturated carbocycles. The molecule has 0 spiro atoms. The molecule has 0 radical (unpaired) electrons. The minimum Gasteiger partial charge on any atom is -0.508 e. The Balaban J connectivity index is 1.81. The van der Waals surface area contributed by atoms with Crippen LogP contribution in [0.15, 0.2) is 64.2 Å². The standard InChI is InChI=1S/C23H20ClN3O4/c1-26-22(30)20(25-19(29)13-12-16-7-3-2-4-8-16)21(24)27(23(26)31)14-6-10-17-9-5-11-18(28)15-17/h2-5,7-9,11,15,28H,12-14H2,1H3,(H,25,29). The zero-order valence-electron chi connectivity index (χ0n) is 16.8. The first-order valence-corrected chi connectivity index (χ1v) is 9.85. The maximum Gasteiger partial charge on any atom is 0.332 e. The first kappa shape index (κ1) is 21.9. The number of nitrogens with zero attached hydrogens (tertiary/aromatic N) is 2. The van der Waals surface area contributed by atoms with Crippen molar-refractivity contribution in [3.05, 3.63) is 91.7 Å². The largest absolute Gasteiger partial charge is 0.508 e. The van der Waals surface area contributed by atoms with Crippen molar-refractivity contribution in [2.45, 2.75) is 19.4 Å². The molecule has 7 nitrogen and oxygen atoms in total. The van der Waals surface area contributed by atoms with Crippen molar-refractivity contribution in [1.82, 2.24) is 9.13 Å². The summed E-state index contributed by atoms with van der Waals surface area (Å²) in [4.78, 5) is 37.3. The van der Waals surface area contributed by atoms with Gasteiger partial charge in [0.2, 0.25) is 5.91 Å². The molecule has 0 saturated heterocycles. The van der Waals surface area contributed by atoms with E-state index < -0.39 is 11.2 Å². The number of aryl methyl sites for hydroxylation is 1. The summed E-state index contributed by atoms with van der Waals surface area (Å²) in [6.45, 7) is -0.103. The molecule has 1 amide bonds. The molecule has 0 aliphatic heterocycles. The van der Waals surface area contributed by atoms with Crippen LogP contribution in [0.25, 0.3) is 0 Å². The number of phenolic OH excluding ortho intramolecular Hbond substituents is 1. The highest BCUT2D eigenvalue weighted by molar-refractivity contribution is 6.32. The number of anilines is 1. The van der Waals surface area contributed by atoms with E-state index in [9.17, 15) is 19.5 Å². The molecular weight excluding hydrogens is 418 g/mol. The van der Waals surface area contributed by atoms with Gasteiger partial charge in [-0.3, -0.25) is 18.7 Å². The molecule has 0 aliphatic carbocycles. The van der Waals surface area contributed by atoms with Crippen molar-refractivity contribution in [3.8, 4) is 17.6 Å². The number of rotatable bonds is 5. The topological polar surface area (TPSA) is 93.3 Å². The van der Waals surface area contributed by atoms with Gasteiger partial charge in [0.25, 0.3) is 5.56 Å². The van der Waals surface area contributed by atoms with Crippen LogP contribution in [0.3, 0.4) is 0 Å². The third kappa shape index (κ3) is 5.44. The van der Waals surface area contributed by atoms with Crippen molar-refractivity contribution in [2.24, 2.45) is 7.05 Å². The Bertz CT molecular complexity index is 1280. The van der Waals surface area contributed by atoms with E-state index in [-0.39, 0.29) is 35.5 Å². The van der Waals surface area contributed by atoms with Gasteiger partial charge in [0.1, 0.15) is 16.6 Å². The molecule has 1 aromatic heterocycles. The monoisotopic (exact) mass is 437 g/mol. The highest BCUT2D eigenvalue weighted by Gasteiger charge is 2.17. The average Bonchev–Trinajstić information content (AvgIpc) is 2.77. The second-order valence-electron chi connectivity index (χ2n) is 6.78. The molecule has 3 aromatic rings. The minimum absolute atomic E-state index is 0.0737. The zero-order chi connectivity index (χ0) is 22.4. The Morgan fingerprint density at radius 2 is 1.87 bits per heavy atom. The smallest absolute Gasteiger partial charge is 0.332 e. The molecule has 1 heterocycles. The predicted octanol–water partition coefficient (Wildman–Crippen LogP) is 2.53.